The number of rotatable bonds is 7. The molecule has 0 bridgehead atoms. The number of aryl methyl sites for hydroxylation is 1. The van der Waals surface area contributed by atoms with E-state index in [0.717, 1.165) is 37.4 Å². The molecule has 0 aliphatic carbocycles. The lowest BCUT2D eigenvalue weighted by atomic mass is 10.2. The van der Waals surface area contributed by atoms with E-state index in [1.807, 2.05) is 12.1 Å². The van der Waals surface area contributed by atoms with Gasteiger partial charge in [-0.3, -0.25) is 0 Å². The van der Waals surface area contributed by atoms with Gasteiger partial charge in [-0.05, 0) is 57.4 Å². The summed E-state index contributed by atoms with van der Waals surface area (Å²) in [6, 6.07) is 6.06. The molecule has 1 aromatic rings. The number of hydrogen-bond donors (Lipinski definition) is 2. The van der Waals surface area contributed by atoms with Crippen molar-refractivity contribution in [3.63, 3.8) is 0 Å². The molecule has 0 aliphatic heterocycles. The Kier molecular flexibility index (Phi) is 5.84. The summed E-state index contributed by atoms with van der Waals surface area (Å²) in [4.78, 5) is 0. The van der Waals surface area contributed by atoms with E-state index < -0.39 is 0 Å². The van der Waals surface area contributed by atoms with Crippen molar-refractivity contribution in [1.82, 2.24) is 0 Å². The first-order chi connectivity index (χ1) is 8.08. The molecule has 0 aliphatic rings. The third kappa shape index (κ3) is 6.17. The molecule has 0 spiro atoms. The number of nitrogens with one attached hydrogen (secondary N) is 1. The second-order valence-electron chi connectivity index (χ2n) is 4.69. The summed E-state index contributed by atoms with van der Waals surface area (Å²) in [5, 5.41) is 3.38. The smallest absolute Gasteiger partial charge is 0.0518 e. The van der Waals surface area contributed by atoms with Gasteiger partial charge in [0.15, 0.2) is 0 Å². The number of nitrogens with two attached hydrogens (primary N) is 1. The number of nitrogen functional groups attached to an aromatic ring is 1. The Bertz CT molecular complexity index is 317. The second-order valence-corrected chi connectivity index (χ2v) is 4.69. The molecule has 0 atom stereocenters. The van der Waals surface area contributed by atoms with E-state index in [1.165, 1.54) is 5.56 Å². The lowest BCUT2D eigenvalue weighted by Crippen LogP contribution is -2.07. The van der Waals surface area contributed by atoms with Crippen LogP contribution in [0, 0.1) is 6.92 Å². The van der Waals surface area contributed by atoms with E-state index in [4.69, 9.17) is 10.5 Å². The van der Waals surface area contributed by atoms with Crippen molar-refractivity contribution in [2.24, 2.45) is 0 Å². The lowest BCUT2D eigenvalue weighted by Gasteiger charge is -2.09. The molecular formula is C14H24N2O. The maximum Gasteiger partial charge on any atom is 0.0518 e. The quantitative estimate of drug-likeness (QED) is 0.564. The maximum atomic E-state index is 5.78. The Morgan fingerprint density at radius 2 is 2.00 bits per heavy atom. The van der Waals surface area contributed by atoms with Crippen LogP contribution in [0.3, 0.4) is 0 Å². The molecule has 0 heterocycles. The Morgan fingerprint density at radius 3 is 2.65 bits per heavy atom. The van der Waals surface area contributed by atoms with Gasteiger partial charge in [0.25, 0.3) is 0 Å². The van der Waals surface area contributed by atoms with Crippen molar-refractivity contribution >= 4 is 11.4 Å². The molecule has 3 heteroatoms. The largest absolute Gasteiger partial charge is 0.399 e. The SMILES string of the molecule is Cc1cc(N)cc(NCCCCOC(C)C)c1. The number of anilines is 2. The molecule has 0 fully saturated rings. The highest BCUT2D eigenvalue weighted by Crippen LogP contribution is 2.15. The average Bonchev–Trinajstić information content (AvgIpc) is 2.21. The molecule has 3 nitrogen and oxygen atoms in total. The highest BCUT2D eigenvalue weighted by atomic mass is 16.5. The third-order valence-corrected chi connectivity index (χ3v) is 2.45. The fourth-order valence-electron chi connectivity index (χ4n) is 1.69. The van der Waals surface area contributed by atoms with Crippen LogP contribution in [0.1, 0.15) is 32.3 Å². The van der Waals surface area contributed by atoms with Crippen LogP contribution in [0.25, 0.3) is 0 Å². The summed E-state index contributed by atoms with van der Waals surface area (Å²) in [7, 11) is 0. The first-order valence-electron chi connectivity index (χ1n) is 6.30. The zero-order valence-electron chi connectivity index (χ0n) is 11.1. The van der Waals surface area contributed by atoms with E-state index in [9.17, 15) is 0 Å². The fourth-order valence-corrected chi connectivity index (χ4v) is 1.69. The van der Waals surface area contributed by atoms with Gasteiger partial charge in [0.2, 0.25) is 0 Å². The molecule has 1 aromatic carbocycles. The van der Waals surface area contributed by atoms with Gasteiger partial charge >= 0.3 is 0 Å². The molecule has 0 saturated carbocycles. The topological polar surface area (TPSA) is 47.3 Å². The van der Waals surface area contributed by atoms with Crippen LogP contribution in [-0.2, 0) is 4.74 Å². The molecule has 96 valence electrons. The minimum atomic E-state index is 0.333. The fraction of sp³-hybridized carbons (Fsp3) is 0.571. The standard InChI is InChI=1S/C14H24N2O/c1-11(2)17-7-5-4-6-16-14-9-12(3)8-13(15)10-14/h8-11,16H,4-7,15H2,1-3H3. The van der Waals surface area contributed by atoms with Crippen LogP contribution < -0.4 is 11.1 Å². The molecule has 0 aromatic heterocycles. The second kappa shape index (κ2) is 7.17. The summed E-state index contributed by atoms with van der Waals surface area (Å²) >= 11 is 0. The van der Waals surface area contributed by atoms with Gasteiger partial charge in [0.05, 0.1) is 6.10 Å². The first-order valence-corrected chi connectivity index (χ1v) is 6.30. The highest BCUT2D eigenvalue weighted by Gasteiger charge is 1.96. The van der Waals surface area contributed by atoms with Gasteiger partial charge in [0, 0.05) is 24.5 Å². The molecule has 0 radical (unpaired) electrons. The lowest BCUT2D eigenvalue weighted by molar-refractivity contribution is 0.0765. The summed E-state index contributed by atoms with van der Waals surface area (Å²) in [6.07, 6.45) is 2.53. The monoisotopic (exact) mass is 236 g/mol. The molecule has 1 rings (SSSR count). The van der Waals surface area contributed by atoms with Crippen molar-refractivity contribution in [3.05, 3.63) is 23.8 Å². The van der Waals surface area contributed by atoms with Crippen LogP contribution in [0.15, 0.2) is 18.2 Å². The first kappa shape index (κ1) is 13.8. The van der Waals surface area contributed by atoms with Gasteiger partial charge in [0.1, 0.15) is 0 Å². The molecule has 0 amide bonds. The Labute approximate surface area is 104 Å². The number of benzene rings is 1. The minimum absolute atomic E-state index is 0.333. The number of unbranched alkanes of at least 4 members (excludes halogenated alkanes) is 1. The molecule has 3 N–H and O–H groups in total. The zero-order valence-corrected chi connectivity index (χ0v) is 11.1. The van der Waals surface area contributed by atoms with Crippen molar-refractivity contribution < 1.29 is 4.74 Å². The van der Waals surface area contributed by atoms with Crippen molar-refractivity contribution in [1.29, 1.82) is 0 Å². The van der Waals surface area contributed by atoms with Crippen LogP contribution in [-0.4, -0.2) is 19.3 Å². The van der Waals surface area contributed by atoms with Crippen LogP contribution in [0.2, 0.25) is 0 Å². The van der Waals surface area contributed by atoms with Gasteiger partial charge in [-0.15, -0.1) is 0 Å². The van der Waals surface area contributed by atoms with E-state index >= 15 is 0 Å². The van der Waals surface area contributed by atoms with E-state index in [0.29, 0.717) is 6.10 Å². The van der Waals surface area contributed by atoms with Gasteiger partial charge in [-0.2, -0.15) is 0 Å². The van der Waals surface area contributed by atoms with Crippen LogP contribution in [0.4, 0.5) is 11.4 Å². The zero-order chi connectivity index (χ0) is 12.7. The molecule has 0 saturated heterocycles. The summed E-state index contributed by atoms with van der Waals surface area (Å²) in [5.74, 6) is 0. The van der Waals surface area contributed by atoms with Gasteiger partial charge in [-0.25, -0.2) is 0 Å². The van der Waals surface area contributed by atoms with E-state index in [1.54, 1.807) is 0 Å². The van der Waals surface area contributed by atoms with E-state index in [-0.39, 0.29) is 0 Å². The van der Waals surface area contributed by atoms with Crippen molar-refractivity contribution in [3.8, 4) is 0 Å². The number of ether oxygens (including phenoxy) is 1. The predicted octanol–water partition coefficient (Wildman–Crippen LogP) is 3.19. The summed E-state index contributed by atoms with van der Waals surface area (Å²) < 4.78 is 5.48. The van der Waals surface area contributed by atoms with Gasteiger partial charge in [-0.1, -0.05) is 0 Å². The Hall–Kier alpha value is -1.22. The molecule has 17 heavy (non-hydrogen) atoms. The normalized spacial score (nSPS) is 10.8. The Morgan fingerprint density at radius 1 is 1.24 bits per heavy atom. The highest BCUT2D eigenvalue weighted by molar-refractivity contribution is 5.56. The maximum absolute atomic E-state index is 5.78. The van der Waals surface area contributed by atoms with E-state index in [2.05, 4.69) is 32.2 Å². The molecule has 0 unspecified atom stereocenters. The van der Waals surface area contributed by atoms with Crippen molar-refractivity contribution in [2.45, 2.75) is 39.7 Å². The van der Waals surface area contributed by atoms with Crippen LogP contribution >= 0.6 is 0 Å². The van der Waals surface area contributed by atoms with Crippen LogP contribution in [0.5, 0.6) is 0 Å². The summed E-state index contributed by atoms with van der Waals surface area (Å²) in [5.41, 5.74) is 8.89. The average molecular weight is 236 g/mol. The van der Waals surface area contributed by atoms with Crippen molar-refractivity contribution in [2.75, 3.05) is 24.2 Å². The number of hydrogen-bond acceptors (Lipinski definition) is 3. The summed E-state index contributed by atoms with van der Waals surface area (Å²) in [6.45, 7) is 7.99. The Balaban J connectivity index is 2.18. The van der Waals surface area contributed by atoms with Gasteiger partial charge < -0.3 is 15.8 Å². The molecular weight excluding hydrogens is 212 g/mol. The predicted molar refractivity (Wildman–Crippen MR) is 74.4 cm³/mol. The third-order valence-electron chi connectivity index (χ3n) is 2.45. The minimum Gasteiger partial charge on any atom is -0.399 e.